The summed E-state index contributed by atoms with van der Waals surface area (Å²) in [5.41, 5.74) is 0.627. The molecule has 0 spiro atoms. The fourth-order valence-corrected chi connectivity index (χ4v) is 2.99. The summed E-state index contributed by atoms with van der Waals surface area (Å²) in [4.78, 5) is 17.6. The second kappa shape index (κ2) is 11.5. The minimum absolute atomic E-state index is 0.235. The Morgan fingerprint density at radius 3 is 2.30 bits per heavy atom. The zero-order valence-corrected chi connectivity index (χ0v) is 15.7. The lowest BCUT2D eigenvalue weighted by Crippen LogP contribution is -2.27. The van der Waals surface area contributed by atoms with E-state index in [2.05, 4.69) is 37.7 Å². The monoisotopic (exact) mass is 338 g/mol. The van der Waals surface area contributed by atoms with Crippen LogP contribution >= 0.6 is 11.8 Å². The van der Waals surface area contributed by atoms with Crippen molar-refractivity contribution in [1.82, 2.24) is 9.80 Å². The van der Waals surface area contributed by atoms with E-state index in [4.69, 9.17) is 4.74 Å². The van der Waals surface area contributed by atoms with Crippen LogP contribution in [0.25, 0.3) is 0 Å². The number of thioether (sulfide) groups is 1. The average molecular weight is 339 g/mol. The number of carbonyl (C=O) groups is 1. The highest BCUT2D eigenvalue weighted by molar-refractivity contribution is 7.99. The Hall–Kier alpha value is -1.04. The summed E-state index contributed by atoms with van der Waals surface area (Å²) in [6.07, 6.45) is 1.16. The number of likely N-dealkylation sites (N-methyl/N-ethyl adjacent to an activating group) is 1. The minimum Gasteiger partial charge on any atom is -0.461 e. The van der Waals surface area contributed by atoms with Gasteiger partial charge in [0.15, 0.2) is 0 Å². The molecule has 0 fully saturated rings. The predicted molar refractivity (Wildman–Crippen MR) is 98.4 cm³/mol. The summed E-state index contributed by atoms with van der Waals surface area (Å²) >= 11 is 1.83. The molecule has 0 saturated carbocycles. The van der Waals surface area contributed by atoms with Crippen molar-refractivity contribution in [3.63, 3.8) is 0 Å². The number of benzene rings is 1. The quantitative estimate of drug-likeness (QED) is 0.351. The summed E-state index contributed by atoms with van der Waals surface area (Å²) in [5, 5.41) is 0. The van der Waals surface area contributed by atoms with Crippen LogP contribution in [0.3, 0.4) is 0 Å². The number of rotatable bonds is 11. The Labute approximate surface area is 145 Å². The fraction of sp³-hybridized carbons (Fsp3) is 0.611. The molecular formula is C18H30N2O2S. The van der Waals surface area contributed by atoms with Crippen molar-refractivity contribution in [2.75, 3.05) is 52.6 Å². The van der Waals surface area contributed by atoms with Gasteiger partial charge in [-0.15, -0.1) is 11.8 Å². The molecule has 0 amide bonds. The molecule has 130 valence electrons. The van der Waals surface area contributed by atoms with E-state index in [0.717, 1.165) is 38.4 Å². The number of ether oxygens (including phenoxy) is 1. The third-order valence-electron chi connectivity index (χ3n) is 3.64. The molecule has 0 aliphatic carbocycles. The summed E-state index contributed by atoms with van der Waals surface area (Å²) in [7, 11) is 4.18. The largest absolute Gasteiger partial charge is 0.461 e. The van der Waals surface area contributed by atoms with Gasteiger partial charge in [0.05, 0.1) is 5.56 Å². The van der Waals surface area contributed by atoms with Gasteiger partial charge in [0.1, 0.15) is 6.61 Å². The molecule has 1 aromatic rings. The number of carbonyl (C=O) groups excluding carboxylic acids is 1. The maximum atomic E-state index is 12.0. The zero-order chi connectivity index (χ0) is 17.1. The first-order chi connectivity index (χ1) is 11.1. The number of esters is 1. The van der Waals surface area contributed by atoms with Crippen LogP contribution < -0.4 is 0 Å². The van der Waals surface area contributed by atoms with Crippen molar-refractivity contribution in [2.24, 2.45) is 0 Å². The molecule has 0 aromatic heterocycles. The van der Waals surface area contributed by atoms with E-state index >= 15 is 0 Å². The normalized spacial score (nSPS) is 11.2. The first-order valence-electron chi connectivity index (χ1n) is 8.33. The molecule has 1 rings (SSSR count). The lowest BCUT2D eigenvalue weighted by molar-refractivity contribution is 0.0466. The summed E-state index contributed by atoms with van der Waals surface area (Å²) < 4.78 is 5.33. The summed E-state index contributed by atoms with van der Waals surface area (Å²) in [5.74, 6) is 0.854. The van der Waals surface area contributed by atoms with Crippen molar-refractivity contribution in [2.45, 2.75) is 25.2 Å². The van der Waals surface area contributed by atoms with Crippen LogP contribution in [0.2, 0.25) is 0 Å². The summed E-state index contributed by atoms with van der Waals surface area (Å²) in [6, 6.07) is 7.71. The number of nitrogens with zero attached hydrogens (tertiary/aromatic N) is 2. The van der Waals surface area contributed by atoms with Gasteiger partial charge >= 0.3 is 5.97 Å². The van der Waals surface area contributed by atoms with Gasteiger partial charge in [0, 0.05) is 11.4 Å². The molecule has 0 radical (unpaired) electrons. The van der Waals surface area contributed by atoms with E-state index in [9.17, 15) is 4.79 Å². The van der Waals surface area contributed by atoms with E-state index in [1.165, 1.54) is 4.90 Å². The lowest BCUT2D eigenvalue weighted by Gasteiger charge is -2.17. The Morgan fingerprint density at radius 2 is 1.74 bits per heavy atom. The molecule has 5 heteroatoms. The highest BCUT2D eigenvalue weighted by atomic mass is 32.2. The van der Waals surface area contributed by atoms with E-state index in [-0.39, 0.29) is 5.97 Å². The van der Waals surface area contributed by atoms with Gasteiger partial charge in [-0.2, -0.15) is 0 Å². The molecule has 0 N–H and O–H groups in total. The molecule has 0 atom stereocenters. The van der Waals surface area contributed by atoms with Gasteiger partial charge in [0.25, 0.3) is 0 Å². The van der Waals surface area contributed by atoms with Gasteiger partial charge in [0.2, 0.25) is 0 Å². The molecule has 0 aliphatic rings. The topological polar surface area (TPSA) is 32.8 Å². The lowest BCUT2D eigenvalue weighted by atomic mass is 10.2. The summed E-state index contributed by atoms with van der Waals surface area (Å²) in [6.45, 7) is 8.52. The molecule has 0 unspecified atom stereocenters. The third-order valence-corrected chi connectivity index (χ3v) is 4.74. The van der Waals surface area contributed by atoms with Crippen LogP contribution in [0.1, 0.15) is 30.6 Å². The highest BCUT2D eigenvalue weighted by Crippen LogP contribution is 2.19. The standard InChI is InChI=1S/C18H30N2O2S/c1-5-20(6-2)13-14-22-18(21)16-8-10-17(11-9-16)23-15-7-12-19(3)4/h8-11H,5-7,12-15H2,1-4H3. The smallest absolute Gasteiger partial charge is 0.338 e. The van der Waals surface area contributed by atoms with Crippen molar-refractivity contribution >= 4 is 17.7 Å². The molecule has 1 aromatic carbocycles. The number of hydrogen-bond acceptors (Lipinski definition) is 5. The second-order valence-corrected chi connectivity index (χ2v) is 6.86. The van der Waals surface area contributed by atoms with E-state index in [1.54, 1.807) is 0 Å². The van der Waals surface area contributed by atoms with Crippen LogP contribution in [0.5, 0.6) is 0 Å². The van der Waals surface area contributed by atoms with Gasteiger partial charge in [-0.05, 0) is 70.2 Å². The first kappa shape index (κ1) is 20.0. The van der Waals surface area contributed by atoms with E-state index in [1.807, 2.05) is 36.0 Å². The minimum atomic E-state index is -0.235. The van der Waals surface area contributed by atoms with Gasteiger partial charge in [-0.1, -0.05) is 13.8 Å². The van der Waals surface area contributed by atoms with Gasteiger partial charge in [-0.3, -0.25) is 0 Å². The Kier molecular flexibility index (Phi) is 9.99. The van der Waals surface area contributed by atoms with Crippen LogP contribution in [-0.4, -0.2) is 68.4 Å². The van der Waals surface area contributed by atoms with Crippen LogP contribution in [0.15, 0.2) is 29.2 Å². The zero-order valence-electron chi connectivity index (χ0n) is 14.9. The molecule has 0 heterocycles. The van der Waals surface area contributed by atoms with Crippen LogP contribution in [-0.2, 0) is 4.74 Å². The van der Waals surface area contributed by atoms with Crippen molar-refractivity contribution in [3.8, 4) is 0 Å². The van der Waals surface area contributed by atoms with E-state index in [0.29, 0.717) is 12.2 Å². The maximum Gasteiger partial charge on any atom is 0.338 e. The third kappa shape index (κ3) is 8.39. The number of hydrogen-bond donors (Lipinski definition) is 0. The Balaban J connectivity index is 2.33. The van der Waals surface area contributed by atoms with Crippen molar-refractivity contribution < 1.29 is 9.53 Å². The molecule has 0 aliphatic heterocycles. The second-order valence-electron chi connectivity index (χ2n) is 5.69. The average Bonchev–Trinajstić information content (AvgIpc) is 2.56. The SMILES string of the molecule is CCN(CC)CCOC(=O)c1ccc(SCCCN(C)C)cc1. The molecule has 4 nitrogen and oxygen atoms in total. The van der Waals surface area contributed by atoms with Crippen molar-refractivity contribution in [3.05, 3.63) is 29.8 Å². The van der Waals surface area contributed by atoms with Gasteiger partial charge < -0.3 is 14.5 Å². The Morgan fingerprint density at radius 1 is 1.09 bits per heavy atom. The molecule has 0 saturated heterocycles. The van der Waals surface area contributed by atoms with E-state index < -0.39 is 0 Å². The maximum absolute atomic E-state index is 12.0. The molecular weight excluding hydrogens is 308 g/mol. The van der Waals surface area contributed by atoms with Crippen LogP contribution in [0, 0.1) is 0 Å². The van der Waals surface area contributed by atoms with Crippen LogP contribution in [0.4, 0.5) is 0 Å². The fourth-order valence-electron chi connectivity index (χ4n) is 2.15. The Bertz CT molecular complexity index is 445. The first-order valence-corrected chi connectivity index (χ1v) is 9.32. The highest BCUT2D eigenvalue weighted by Gasteiger charge is 2.08. The predicted octanol–water partition coefficient (Wildman–Crippen LogP) is 3.23. The molecule has 23 heavy (non-hydrogen) atoms. The van der Waals surface area contributed by atoms with Crippen molar-refractivity contribution in [1.29, 1.82) is 0 Å². The van der Waals surface area contributed by atoms with Gasteiger partial charge in [-0.25, -0.2) is 4.79 Å². The molecule has 0 bridgehead atoms.